The highest BCUT2D eigenvalue weighted by atomic mass is 35.5. The van der Waals surface area contributed by atoms with Crippen molar-refractivity contribution < 1.29 is 18.8 Å². The number of hydrogen-bond acceptors (Lipinski definition) is 6. The second kappa shape index (κ2) is 9.81. The maximum absolute atomic E-state index is 12.8. The lowest BCUT2D eigenvalue weighted by molar-refractivity contribution is -0.132. The van der Waals surface area contributed by atoms with E-state index in [4.69, 9.17) is 16.0 Å². The SMILES string of the molecule is Cc1oc(C2CCN(C(=O)CCC(=O)n3ncc4c(Cl)cccc43)CC2)nc1C(=O)N1CCCC1. The first-order chi connectivity index (χ1) is 16.9. The summed E-state index contributed by atoms with van der Waals surface area (Å²) in [6.07, 6.45) is 5.23. The second-order valence-electron chi connectivity index (χ2n) is 9.23. The highest BCUT2D eigenvalue weighted by Crippen LogP contribution is 2.30. The molecule has 3 aromatic rings. The number of oxazole rings is 1. The topological polar surface area (TPSA) is 102 Å². The Balaban J connectivity index is 1.14. The fourth-order valence-electron chi connectivity index (χ4n) is 4.93. The summed E-state index contributed by atoms with van der Waals surface area (Å²) in [7, 11) is 0. The van der Waals surface area contributed by atoms with Gasteiger partial charge < -0.3 is 14.2 Å². The molecule has 5 rings (SSSR count). The van der Waals surface area contributed by atoms with Gasteiger partial charge in [0.25, 0.3) is 5.91 Å². The molecule has 9 nitrogen and oxygen atoms in total. The van der Waals surface area contributed by atoms with E-state index in [0.717, 1.165) is 25.9 Å². The summed E-state index contributed by atoms with van der Waals surface area (Å²) in [5.41, 5.74) is 1.05. The molecule has 4 heterocycles. The van der Waals surface area contributed by atoms with E-state index in [9.17, 15) is 14.4 Å². The van der Waals surface area contributed by atoms with E-state index in [2.05, 4.69) is 10.1 Å². The number of aromatic nitrogens is 3. The van der Waals surface area contributed by atoms with Gasteiger partial charge in [0.2, 0.25) is 11.8 Å². The van der Waals surface area contributed by atoms with Crippen LogP contribution in [0.2, 0.25) is 5.02 Å². The van der Waals surface area contributed by atoms with E-state index < -0.39 is 0 Å². The van der Waals surface area contributed by atoms with Crippen LogP contribution in [-0.4, -0.2) is 68.5 Å². The number of benzene rings is 1. The molecule has 10 heteroatoms. The second-order valence-corrected chi connectivity index (χ2v) is 9.64. The number of likely N-dealkylation sites (tertiary alicyclic amines) is 2. The van der Waals surface area contributed by atoms with E-state index >= 15 is 0 Å². The van der Waals surface area contributed by atoms with Crippen LogP contribution in [0.15, 0.2) is 28.8 Å². The summed E-state index contributed by atoms with van der Waals surface area (Å²) in [6, 6.07) is 5.30. The van der Waals surface area contributed by atoms with Gasteiger partial charge in [-0.3, -0.25) is 14.4 Å². The van der Waals surface area contributed by atoms with Gasteiger partial charge in [-0.15, -0.1) is 0 Å². The number of piperidine rings is 1. The molecule has 0 radical (unpaired) electrons. The van der Waals surface area contributed by atoms with Crippen molar-refractivity contribution >= 4 is 40.2 Å². The molecule has 0 atom stereocenters. The smallest absolute Gasteiger partial charge is 0.276 e. The van der Waals surface area contributed by atoms with Gasteiger partial charge in [-0.25, -0.2) is 9.67 Å². The third-order valence-electron chi connectivity index (χ3n) is 6.96. The number of rotatable bonds is 5. The van der Waals surface area contributed by atoms with Crippen LogP contribution >= 0.6 is 11.6 Å². The fraction of sp³-hybridized carbons (Fsp3) is 0.480. The van der Waals surface area contributed by atoms with Crippen LogP contribution in [0.1, 0.15) is 71.4 Å². The molecule has 0 unspecified atom stereocenters. The largest absolute Gasteiger partial charge is 0.445 e. The predicted octanol–water partition coefficient (Wildman–Crippen LogP) is 4.05. The van der Waals surface area contributed by atoms with Crippen LogP contribution < -0.4 is 0 Å². The van der Waals surface area contributed by atoms with Crippen LogP contribution in [0, 0.1) is 6.92 Å². The summed E-state index contributed by atoms with van der Waals surface area (Å²) in [5, 5.41) is 5.40. The molecular formula is C25H28ClN5O4. The Bertz CT molecular complexity index is 1270. The number of nitrogens with zero attached hydrogens (tertiary/aromatic N) is 5. The third-order valence-corrected chi connectivity index (χ3v) is 7.28. The van der Waals surface area contributed by atoms with Crippen molar-refractivity contribution in [3.05, 3.63) is 46.8 Å². The van der Waals surface area contributed by atoms with Crippen molar-refractivity contribution in [3.63, 3.8) is 0 Å². The quantitative estimate of drug-likeness (QED) is 0.527. The molecule has 2 aliphatic rings. The Kier molecular flexibility index (Phi) is 6.60. The summed E-state index contributed by atoms with van der Waals surface area (Å²) in [5.74, 6) is 0.854. The van der Waals surface area contributed by atoms with Crippen LogP contribution in [-0.2, 0) is 4.79 Å². The first kappa shape index (κ1) is 23.5. The zero-order valence-corrected chi connectivity index (χ0v) is 20.5. The van der Waals surface area contributed by atoms with Gasteiger partial charge in [0.15, 0.2) is 11.6 Å². The molecular weight excluding hydrogens is 470 g/mol. The number of hydrogen-bond donors (Lipinski definition) is 0. The number of amides is 2. The average Bonchev–Trinajstić information content (AvgIpc) is 3.62. The van der Waals surface area contributed by atoms with Crippen molar-refractivity contribution in [3.8, 4) is 0 Å². The van der Waals surface area contributed by atoms with Crippen molar-refractivity contribution in [2.75, 3.05) is 26.2 Å². The highest BCUT2D eigenvalue weighted by Gasteiger charge is 2.30. The molecule has 0 saturated carbocycles. The number of fused-ring (bicyclic) bond motifs is 1. The molecule has 2 aromatic heterocycles. The minimum absolute atomic E-state index is 0.0558. The summed E-state index contributed by atoms with van der Waals surface area (Å²) < 4.78 is 7.18. The Morgan fingerprint density at radius 3 is 2.49 bits per heavy atom. The summed E-state index contributed by atoms with van der Waals surface area (Å²) >= 11 is 6.16. The van der Waals surface area contributed by atoms with E-state index in [1.54, 1.807) is 36.2 Å². The molecule has 1 aromatic carbocycles. The van der Waals surface area contributed by atoms with E-state index in [-0.39, 0.29) is 36.5 Å². The Hall–Kier alpha value is -3.20. The molecule has 0 N–H and O–H groups in total. The maximum Gasteiger partial charge on any atom is 0.276 e. The molecule has 2 amide bonds. The zero-order valence-electron chi connectivity index (χ0n) is 19.7. The molecule has 0 aliphatic carbocycles. The monoisotopic (exact) mass is 497 g/mol. The molecule has 184 valence electrons. The molecule has 2 fully saturated rings. The lowest BCUT2D eigenvalue weighted by atomic mass is 9.96. The van der Waals surface area contributed by atoms with Crippen molar-refractivity contribution in [2.45, 2.75) is 51.4 Å². The summed E-state index contributed by atoms with van der Waals surface area (Å²) in [4.78, 5) is 46.3. The number of carbonyl (C=O) groups is 3. The van der Waals surface area contributed by atoms with Gasteiger partial charge in [-0.1, -0.05) is 17.7 Å². The molecule has 2 saturated heterocycles. The first-order valence-electron chi connectivity index (χ1n) is 12.1. The van der Waals surface area contributed by atoms with Crippen molar-refractivity contribution in [2.24, 2.45) is 0 Å². The van der Waals surface area contributed by atoms with Gasteiger partial charge in [0.05, 0.1) is 16.7 Å². The summed E-state index contributed by atoms with van der Waals surface area (Å²) in [6.45, 7) is 4.46. The third kappa shape index (κ3) is 4.69. The Morgan fingerprint density at radius 2 is 1.74 bits per heavy atom. The Labute approximate surface area is 208 Å². The van der Waals surface area contributed by atoms with Crippen molar-refractivity contribution in [1.82, 2.24) is 24.6 Å². The van der Waals surface area contributed by atoms with Gasteiger partial charge in [-0.2, -0.15) is 5.10 Å². The fourth-order valence-corrected chi connectivity index (χ4v) is 5.15. The first-order valence-corrected chi connectivity index (χ1v) is 12.5. The van der Waals surface area contributed by atoms with Gasteiger partial charge in [-0.05, 0) is 44.7 Å². The number of carbonyl (C=O) groups excluding carboxylic acids is 3. The maximum atomic E-state index is 12.8. The van der Waals surface area contributed by atoms with Gasteiger partial charge in [0, 0.05) is 50.3 Å². The minimum atomic E-state index is -0.240. The van der Waals surface area contributed by atoms with Crippen LogP contribution in [0.4, 0.5) is 0 Å². The lowest BCUT2D eigenvalue weighted by Crippen LogP contribution is -2.38. The molecule has 2 aliphatic heterocycles. The van der Waals surface area contributed by atoms with Crippen LogP contribution in [0.3, 0.4) is 0 Å². The molecule has 0 bridgehead atoms. The average molecular weight is 498 g/mol. The minimum Gasteiger partial charge on any atom is -0.445 e. The van der Waals surface area contributed by atoms with E-state index in [1.165, 1.54) is 4.68 Å². The van der Waals surface area contributed by atoms with Crippen molar-refractivity contribution in [1.29, 1.82) is 0 Å². The highest BCUT2D eigenvalue weighted by molar-refractivity contribution is 6.35. The van der Waals surface area contributed by atoms with Crippen LogP contribution in [0.25, 0.3) is 10.9 Å². The Morgan fingerprint density at radius 1 is 1.03 bits per heavy atom. The molecule has 0 spiro atoms. The van der Waals surface area contributed by atoms with E-state index in [0.29, 0.717) is 59.2 Å². The predicted molar refractivity (Wildman–Crippen MR) is 130 cm³/mol. The lowest BCUT2D eigenvalue weighted by Gasteiger charge is -2.30. The van der Waals surface area contributed by atoms with Gasteiger partial charge in [0.1, 0.15) is 5.76 Å². The number of aryl methyl sites for hydroxylation is 1. The normalized spacial score (nSPS) is 16.9. The van der Waals surface area contributed by atoms with Crippen LogP contribution in [0.5, 0.6) is 0 Å². The number of halogens is 1. The zero-order chi connectivity index (χ0) is 24.5. The standard InChI is InChI=1S/C25H28ClN5O4/c1-16-23(25(34)30-11-2-3-12-30)28-24(35-16)17-9-13-29(14-10-17)21(32)7-8-22(33)31-20-6-4-5-19(26)18(20)15-27-31/h4-6,15,17H,2-3,7-14H2,1H3. The van der Waals surface area contributed by atoms with Gasteiger partial charge >= 0.3 is 0 Å². The molecule has 35 heavy (non-hydrogen) atoms. The van der Waals surface area contributed by atoms with E-state index in [1.807, 2.05) is 4.90 Å².